The second-order valence-electron chi connectivity index (χ2n) is 17.7. The molecule has 1 aliphatic carbocycles. The molecule has 1 aliphatic heterocycles. The van der Waals surface area contributed by atoms with E-state index < -0.39 is 31.4 Å². The molecule has 0 bridgehead atoms. The number of benzene rings is 8. The second-order valence-corrected chi connectivity index (χ2v) is 18.7. The number of nitrogens with zero attached hydrogens (tertiary/aromatic N) is 2. The average Bonchev–Trinajstić information content (AvgIpc) is 3.86. The molecule has 0 amide bonds. The van der Waals surface area contributed by atoms with Crippen molar-refractivity contribution in [3.63, 3.8) is 0 Å². The summed E-state index contributed by atoms with van der Waals surface area (Å²) in [6.07, 6.45) is 0. The predicted octanol–water partition coefficient (Wildman–Crippen LogP) is 16.2. The van der Waals surface area contributed by atoms with Gasteiger partial charge in [-0.3, -0.25) is 4.40 Å². The van der Waals surface area contributed by atoms with Crippen molar-refractivity contribution < 1.29 is 16.8 Å². The largest absolute Gasteiger partial charge is 0.422 e. The number of rotatable bonds is 2. The zero-order chi connectivity index (χ0) is 49.7. The Labute approximate surface area is 379 Å². The lowest BCUT2D eigenvalue weighted by Crippen LogP contribution is -2.40. The number of oxazole rings is 1. The van der Waals surface area contributed by atoms with E-state index in [1.54, 1.807) is 24.3 Å². The summed E-state index contributed by atoms with van der Waals surface area (Å²) in [5.41, 5.74) is 12.6. The van der Waals surface area contributed by atoms with E-state index in [-0.39, 0.29) is 39.2 Å². The minimum Gasteiger partial charge on any atom is -0.422 e. The van der Waals surface area contributed by atoms with Crippen LogP contribution in [0.5, 0.6) is 0 Å². The molecule has 4 heteroatoms. The molecule has 62 heavy (non-hydrogen) atoms. The van der Waals surface area contributed by atoms with Gasteiger partial charge in [-0.25, -0.2) is 0 Å². The lowest BCUT2D eigenvalue weighted by Gasteiger charge is -2.43. The molecule has 0 atom stereocenters. The molecule has 3 nitrogen and oxygen atoms in total. The average molecular weight is 828 g/mol. The number of hydrogen-bond acceptors (Lipinski definition) is 3. The summed E-state index contributed by atoms with van der Waals surface area (Å²) < 4.78 is 89.2. The van der Waals surface area contributed by atoms with Crippen LogP contribution in [0, 0.1) is 20.6 Å². The SMILES string of the molecule is [2H]C([2H])([2H])c1cc2c(cc1-c1c(C([2H])([2H])[2H])ccc3c1oc1nc4ccccc4n13)C(C)(C)C(C)(C)c1ccc(C([2H])([2H])[2H])c(-c3ccc4c(c3)-c3ccccc3-c3ccccc3-c3ccccc3-4)c1S2. The van der Waals surface area contributed by atoms with Gasteiger partial charge in [-0.2, -0.15) is 4.98 Å². The van der Waals surface area contributed by atoms with Crippen molar-refractivity contribution in [1.29, 1.82) is 0 Å². The Morgan fingerprint density at radius 1 is 0.500 bits per heavy atom. The first-order valence-electron chi connectivity index (χ1n) is 25.5. The molecule has 300 valence electrons. The predicted molar refractivity (Wildman–Crippen MR) is 259 cm³/mol. The Kier molecular flexibility index (Phi) is 6.13. The minimum atomic E-state index is -2.73. The Morgan fingerprint density at radius 2 is 1.06 bits per heavy atom. The highest BCUT2D eigenvalue weighted by molar-refractivity contribution is 7.99. The van der Waals surface area contributed by atoms with Gasteiger partial charge in [0.05, 0.1) is 16.6 Å². The first-order chi connectivity index (χ1) is 33.6. The number of fused-ring (bicyclic) bond motifs is 15. The zero-order valence-corrected chi connectivity index (χ0v) is 35.5. The smallest absolute Gasteiger partial charge is 0.307 e. The van der Waals surface area contributed by atoms with Gasteiger partial charge in [0, 0.05) is 27.7 Å². The van der Waals surface area contributed by atoms with E-state index in [1.807, 2.05) is 65.1 Å². The maximum atomic E-state index is 9.11. The maximum Gasteiger partial charge on any atom is 0.307 e. The lowest BCUT2D eigenvalue weighted by atomic mass is 9.60. The molecule has 0 spiro atoms. The zero-order valence-electron chi connectivity index (χ0n) is 43.6. The van der Waals surface area contributed by atoms with E-state index in [4.69, 9.17) is 21.7 Å². The van der Waals surface area contributed by atoms with E-state index in [0.29, 0.717) is 26.4 Å². The number of imidazole rings is 1. The summed E-state index contributed by atoms with van der Waals surface area (Å²) in [5.74, 6) is 0.256. The van der Waals surface area contributed by atoms with Crippen LogP contribution < -0.4 is 0 Å². The van der Waals surface area contributed by atoms with Crippen molar-refractivity contribution >= 4 is 39.7 Å². The third-order valence-corrected chi connectivity index (χ3v) is 15.2. The van der Waals surface area contributed by atoms with Crippen molar-refractivity contribution in [3.8, 4) is 66.8 Å². The van der Waals surface area contributed by atoms with Crippen LogP contribution in [0.3, 0.4) is 0 Å². The molecule has 3 heterocycles. The summed E-state index contributed by atoms with van der Waals surface area (Å²) in [7, 11) is 0. The summed E-state index contributed by atoms with van der Waals surface area (Å²) in [6, 6.07) is 49.5. The monoisotopic (exact) mass is 827 g/mol. The van der Waals surface area contributed by atoms with Crippen LogP contribution in [0.2, 0.25) is 0 Å². The molecule has 0 unspecified atom stereocenters. The van der Waals surface area contributed by atoms with Crippen molar-refractivity contribution in [1.82, 2.24) is 9.38 Å². The highest BCUT2D eigenvalue weighted by atomic mass is 32.2. The van der Waals surface area contributed by atoms with E-state index in [2.05, 4.69) is 94.4 Å². The van der Waals surface area contributed by atoms with Gasteiger partial charge in [0.25, 0.3) is 0 Å². The number of para-hydroxylation sites is 2. The molecule has 0 fully saturated rings. The highest BCUT2D eigenvalue weighted by Crippen LogP contribution is 2.58. The summed E-state index contributed by atoms with van der Waals surface area (Å²) in [6.45, 7) is 0.613. The molecule has 2 aromatic heterocycles. The Morgan fingerprint density at radius 3 is 1.73 bits per heavy atom. The van der Waals surface area contributed by atoms with E-state index in [1.165, 1.54) is 11.8 Å². The van der Waals surface area contributed by atoms with Crippen LogP contribution in [0.15, 0.2) is 166 Å². The molecule has 0 saturated heterocycles. The van der Waals surface area contributed by atoms with Gasteiger partial charge >= 0.3 is 5.84 Å². The fourth-order valence-corrected chi connectivity index (χ4v) is 11.7. The van der Waals surface area contributed by atoms with E-state index >= 15 is 0 Å². The number of aryl methyl sites for hydroxylation is 3. The quantitative estimate of drug-likeness (QED) is 0.174. The molecule has 12 rings (SSSR count). The lowest BCUT2D eigenvalue weighted by molar-refractivity contribution is 0.296. The van der Waals surface area contributed by atoms with Gasteiger partial charge in [-0.1, -0.05) is 155 Å². The maximum absolute atomic E-state index is 9.11. The number of aromatic nitrogens is 2. The van der Waals surface area contributed by atoms with Crippen LogP contribution >= 0.6 is 11.8 Å². The standard InChI is InChI=1S/C58H46N2OS/c1-33-24-28-46-55(52(33)36-26-27-43-41-20-11-10-18-39(41)37-16-8-9-17-38(37)40-19-12-13-21-42(40)45(43)31-36)62-51-30-35(3)44(32-47(51)58(6,7)57(46,4)5)53-34(2)25-29-50-54(53)61-56-59-48-22-14-15-23-49(48)60(50)56/h8-32H,1-7H3/i1D3,2D3,3D3. The van der Waals surface area contributed by atoms with Crippen molar-refractivity contribution in [3.05, 3.63) is 179 Å². The molecule has 10 aromatic rings. The van der Waals surface area contributed by atoms with Gasteiger partial charge in [0.15, 0.2) is 5.58 Å². The first kappa shape index (κ1) is 28.8. The fraction of sp³-hybridized carbons (Fsp3) is 0.155. The summed E-state index contributed by atoms with van der Waals surface area (Å²) >= 11 is 1.37. The van der Waals surface area contributed by atoms with Gasteiger partial charge in [0.1, 0.15) is 0 Å². The number of hydrogen-bond donors (Lipinski definition) is 0. The Balaban J connectivity index is 1.13. The Bertz CT molecular complexity index is 3880. The third kappa shape index (κ3) is 5.10. The molecular weight excluding hydrogens is 773 g/mol. The van der Waals surface area contributed by atoms with Crippen LogP contribution in [0.25, 0.3) is 94.7 Å². The van der Waals surface area contributed by atoms with Gasteiger partial charge in [-0.05, 0) is 157 Å². The molecule has 0 N–H and O–H groups in total. The van der Waals surface area contributed by atoms with Gasteiger partial charge in [0.2, 0.25) is 0 Å². The van der Waals surface area contributed by atoms with Crippen LogP contribution in [0.4, 0.5) is 0 Å². The van der Waals surface area contributed by atoms with Crippen molar-refractivity contribution in [2.45, 2.75) is 68.9 Å². The van der Waals surface area contributed by atoms with Gasteiger partial charge < -0.3 is 4.42 Å². The van der Waals surface area contributed by atoms with Gasteiger partial charge in [-0.15, -0.1) is 0 Å². The van der Waals surface area contributed by atoms with Crippen LogP contribution in [-0.2, 0) is 10.8 Å². The summed E-state index contributed by atoms with van der Waals surface area (Å²) in [5, 5.41) is 0. The summed E-state index contributed by atoms with van der Waals surface area (Å²) in [4.78, 5) is 6.07. The highest BCUT2D eigenvalue weighted by Gasteiger charge is 2.45. The molecule has 0 radical (unpaired) electrons. The van der Waals surface area contributed by atoms with Crippen molar-refractivity contribution in [2.24, 2.45) is 0 Å². The molecule has 0 saturated carbocycles. The van der Waals surface area contributed by atoms with E-state index in [9.17, 15) is 0 Å². The van der Waals surface area contributed by atoms with Crippen LogP contribution in [-0.4, -0.2) is 9.38 Å². The Hall–Kier alpha value is -6.62. The fourth-order valence-electron chi connectivity index (χ4n) is 10.1. The van der Waals surface area contributed by atoms with Crippen LogP contribution in [0.1, 0.15) is 67.8 Å². The third-order valence-electron chi connectivity index (χ3n) is 14.0. The molecular formula is C58H46N2OS. The topological polar surface area (TPSA) is 30.4 Å². The molecule has 8 aromatic carbocycles. The minimum absolute atomic E-state index is 0.0467. The molecule has 2 aliphatic rings. The van der Waals surface area contributed by atoms with Crippen molar-refractivity contribution in [2.75, 3.05) is 0 Å². The first-order valence-corrected chi connectivity index (χ1v) is 21.8. The normalized spacial score (nSPS) is 17.3. The second kappa shape index (κ2) is 13.2. The van der Waals surface area contributed by atoms with E-state index in [0.717, 1.165) is 66.7 Å².